The molecule has 0 aliphatic carbocycles. The number of amides is 1. The van der Waals surface area contributed by atoms with Gasteiger partial charge in [-0.15, -0.1) is 5.11 Å². The van der Waals surface area contributed by atoms with E-state index in [4.69, 9.17) is 11.6 Å². The van der Waals surface area contributed by atoms with Gasteiger partial charge in [0.25, 0.3) is 5.91 Å². The van der Waals surface area contributed by atoms with E-state index in [2.05, 4.69) is 15.7 Å². The topological polar surface area (TPSA) is 57.1 Å². The fourth-order valence-electron chi connectivity index (χ4n) is 1.77. The van der Waals surface area contributed by atoms with Gasteiger partial charge in [-0.25, -0.2) is 0 Å². The molecule has 1 N–H and O–H groups in total. The minimum Gasteiger partial charge on any atom is -0.348 e. The van der Waals surface area contributed by atoms with Gasteiger partial charge in [0.05, 0.1) is 5.56 Å². The van der Waals surface area contributed by atoms with Crippen LogP contribution in [0.25, 0.3) is 0 Å². The summed E-state index contributed by atoms with van der Waals surface area (Å²) in [6.07, 6.45) is 0. The lowest BCUT2D eigenvalue weighted by atomic mass is 10.1. The first-order chi connectivity index (χ1) is 10.6. The van der Waals surface area contributed by atoms with E-state index in [0.717, 1.165) is 5.56 Å². The van der Waals surface area contributed by atoms with Crippen LogP contribution in [0.4, 0.5) is 5.69 Å². The van der Waals surface area contributed by atoms with Crippen molar-refractivity contribution in [2.45, 2.75) is 6.54 Å². The fraction of sp³-hybridized carbons (Fsp3) is 0.188. The van der Waals surface area contributed by atoms with E-state index in [9.17, 15) is 4.79 Å². The highest BCUT2D eigenvalue weighted by Crippen LogP contribution is 2.19. The lowest BCUT2D eigenvalue weighted by Crippen LogP contribution is -2.22. The van der Waals surface area contributed by atoms with Crippen molar-refractivity contribution in [1.82, 2.24) is 10.3 Å². The molecule has 0 saturated carbocycles. The minimum atomic E-state index is -0.191. The summed E-state index contributed by atoms with van der Waals surface area (Å²) in [6, 6.07) is 14.4. The average Bonchev–Trinajstić information content (AvgIpc) is 2.52. The van der Waals surface area contributed by atoms with Crippen LogP contribution in [0.1, 0.15) is 15.9 Å². The number of carbonyl (C=O) groups is 1. The van der Waals surface area contributed by atoms with E-state index in [1.165, 1.54) is 0 Å². The third-order valence-corrected chi connectivity index (χ3v) is 3.10. The second-order valence-corrected chi connectivity index (χ2v) is 5.30. The Morgan fingerprint density at radius 2 is 1.82 bits per heavy atom. The maximum absolute atomic E-state index is 12.3. The molecule has 0 unspecified atom stereocenters. The van der Waals surface area contributed by atoms with Crippen LogP contribution in [0.2, 0.25) is 5.02 Å². The van der Waals surface area contributed by atoms with E-state index in [1.807, 2.05) is 18.2 Å². The van der Waals surface area contributed by atoms with Gasteiger partial charge in [0.15, 0.2) is 0 Å². The molecule has 0 atom stereocenters. The smallest absolute Gasteiger partial charge is 0.253 e. The van der Waals surface area contributed by atoms with Crippen LogP contribution in [-0.2, 0) is 6.54 Å². The summed E-state index contributed by atoms with van der Waals surface area (Å²) in [6.45, 7) is 0.426. The van der Waals surface area contributed by atoms with Gasteiger partial charge in [-0.2, -0.15) is 0 Å². The predicted octanol–water partition coefficient (Wildman–Crippen LogP) is 3.83. The molecule has 2 aromatic carbocycles. The minimum absolute atomic E-state index is 0.191. The summed E-state index contributed by atoms with van der Waals surface area (Å²) in [5.74, 6) is -0.191. The van der Waals surface area contributed by atoms with Crippen molar-refractivity contribution in [3.8, 4) is 0 Å². The van der Waals surface area contributed by atoms with E-state index in [1.54, 1.807) is 49.4 Å². The standard InChI is InChI=1S/C16H17ClN4O/c1-21(2)20-19-15-6-4-3-5-14(15)16(22)18-11-12-7-9-13(17)10-8-12/h3-10H,11H2,1-2H3,(H,18,22). The molecule has 114 valence electrons. The van der Waals surface area contributed by atoms with Gasteiger partial charge in [0, 0.05) is 25.7 Å². The molecule has 0 heterocycles. The Labute approximate surface area is 134 Å². The van der Waals surface area contributed by atoms with Gasteiger partial charge in [-0.1, -0.05) is 41.1 Å². The number of nitrogens with one attached hydrogen (secondary N) is 1. The fourth-order valence-corrected chi connectivity index (χ4v) is 1.90. The van der Waals surface area contributed by atoms with Crippen molar-refractivity contribution < 1.29 is 4.79 Å². The maximum atomic E-state index is 12.3. The van der Waals surface area contributed by atoms with Crippen LogP contribution in [0.15, 0.2) is 58.9 Å². The Kier molecular flexibility index (Phi) is 5.49. The number of hydrogen-bond donors (Lipinski definition) is 1. The summed E-state index contributed by atoms with van der Waals surface area (Å²) < 4.78 is 0. The number of halogens is 1. The lowest BCUT2D eigenvalue weighted by Gasteiger charge is -2.08. The first-order valence-electron chi connectivity index (χ1n) is 6.77. The van der Waals surface area contributed by atoms with E-state index in [-0.39, 0.29) is 5.91 Å². The molecule has 0 radical (unpaired) electrons. The van der Waals surface area contributed by atoms with Gasteiger partial charge in [-0.05, 0) is 29.8 Å². The maximum Gasteiger partial charge on any atom is 0.253 e. The zero-order valence-electron chi connectivity index (χ0n) is 12.5. The Balaban J connectivity index is 2.07. The summed E-state index contributed by atoms with van der Waals surface area (Å²) in [5, 5.41) is 13.1. The zero-order valence-corrected chi connectivity index (χ0v) is 13.2. The summed E-state index contributed by atoms with van der Waals surface area (Å²) >= 11 is 5.84. The van der Waals surface area contributed by atoms with Crippen molar-refractivity contribution in [3.63, 3.8) is 0 Å². The molecule has 2 aromatic rings. The Bertz CT molecular complexity index is 668. The number of nitrogens with zero attached hydrogens (tertiary/aromatic N) is 3. The van der Waals surface area contributed by atoms with Gasteiger partial charge < -0.3 is 5.32 Å². The van der Waals surface area contributed by atoms with Crippen LogP contribution in [0.5, 0.6) is 0 Å². The SMILES string of the molecule is CN(C)N=Nc1ccccc1C(=O)NCc1ccc(Cl)cc1. The second kappa shape index (κ2) is 7.56. The summed E-state index contributed by atoms with van der Waals surface area (Å²) in [5.41, 5.74) is 2.00. The molecule has 0 bridgehead atoms. The number of carbonyl (C=O) groups excluding carboxylic acids is 1. The predicted molar refractivity (Wildman–Crippen MR) is 87.3 cm³/mol. The molecule has 0 aliphatic heterocycles. The second-order valence-electron chi connectivity index (χ2n) is 4.86. The third kappa shape index (κ3) is 4.56. The third-order valence-electron chi connectivity index (χ3n) is 2.85. The van der Waals surface area contributed by atoms with Crippen molar-refractivity contribution >= 4 is 23.2 Å². The van der Waals surface area contributed by atoms with Gasteiger partial charge in [0.2, 0.25) is 0 Å². The average molecular weight is 317 g/mol. The molecule has 0 aliphatic rings. The highest BCUT2D eigenvalue weighted by atomic mass is 35.5. The van der Waals surface area contributed by atoms with Crippen LogP contribution in [0, 0.1) is 0 Å². The zero-order chi connectivity index (χ0) is 15.9. The molecule has 2 rings (SSSR count). The Hall–Kier alpha value is -2.40. The number of benzene rings is 2. The molecule has 0 aromatic heterocycles. The Morgan fingerprint density at radius 3 is 2.50 bits per heavy atom. The normalized spacial score (nSPS) is 10.7. The van der Waals surface area contributed by atoms with Crippen LogP contribution in [0.3, 0.4) is 0 Å². The first kappa shape index (κ1) is 16.0. The van der Waals surface area contributed by atoms with E-state index < -0.39 is 0 Å². The van der Waals surface area contributed by atoms with Gasteiger partial charge in [-0.3, -0.25) is 9.80 Å². The van der Waals surface area contributed by atoms with Gasteiger partial charge in [0.1, 0.15) is 5.69 Å². The highest BCUT2D eigenvalue weighted by Gasteiger charge is 2.10. The first-order valence-corrected chi connectivity index (χ1v) is 7.14. The van der Waals surface area contributed by atoms with Crippen LogP contribution < -0.4 is 5.32 Å². The van der Waals surface area contributed by atoms with E-state index in [0.29, 0.717) is 22.8 Å². The van der Waals surface area contributed by atoms with Crippen molar-refractivity contribution in [2.75, 3.05) is 14.1 Å². The number of hydrogen-bond acceptors (Lipinski definition) is 3. The van der Waals surface area contributed by atoms with Crippen molar-refractivity contribution in [1.29, 1.82) is 0 Å². The molecule has 0 spiro atoms. The molecule has 0 fully saturated rings. The van der Waals surface area contributed by atoms with E-state index >= 15 is 0 Å². The van der Waals surface area contributed by atoms with Crippen LogP contribution in [-0.4, -0.2) is 25.0 Å². The molecular weight excluding hydrogens is 300 g/mol. The quantitative estimate of drug-likeness (QED) is 0.673. The van der Waals surface area contributed by atoms with Gasteiger partial charge >= 0.3 is 0 Å². The lowest BCUT2D eigenvalue weighted by molar-refractivity contribution is 0.0951. The highest BCUT2D eigenvalue weighted by molar-refractivity contribution is 6.30. The number of rotatable bonds is 5. The van der Waals surface area contributed by atoms with Crippen LogP contribution >= 0.6 is 11.6 Å². The molecule has 6 heteroatoms. The monoisotopic (exact) mass is 316 g/mol. The molecule has 5 nitrogen and oxygen atoms in total. The Morgan fingerprint density at radius 1 is 1.14 bits per heavy atom. The molecule has 1 amide bonds. The summed E-state index contributed by atoms with van der Waals surface area (Å²) in [4.78, 5) is 12.3. The van der Waals surface area contributed by atoms with Crippen molar-refractivity contribution in [3.05, 3.63) is 64.7 Å². The summed E-state index contributed by atoms with van der Waals surface area (Å²) in [7, 11) is 3.54. The molecular formula is C16H17ClN4O. The largest absolute Gasteiger partial charge is 0.348 e. The molecule has 22 heavy (non-hydrogen) atoms. The molecule has 0 saturated heterocycles. The van der Waals surface area contributed by atoms with Crippen molar-refractivity contribution in [2.24, 2.45) is 10.3 Å².